The van der Waals surface area contributed by atoms with Crippen LogP contribution in [0.4, 0.5) is 0 Å². The number of thioether (sulfide) groups is 3. The van der Waals surface area contributed by atoms with E-state index in [4.69, 9.17) is 44.9 Å². The van der Waals surface area contributed by atoms with Gasteiger partial charge >= 0.3 is 0 Å². The van der Waals surface area contributed by atoms with E-state index in [9.17, 15) is 0 Å². The van der Waals surface area contributed by atoms with Gasteiger partial charge in [-0.3, -0.25) is 29.9 Å². The van der Waals surface area contributed by atoms with Crippen molar-refractivity contribution in [1.82, 2.24) is 29.9 Å². The van der Waals surface area contributed by atoms with Crippen LogP contribution < -0.4 is 0 Å². The molecule has 0 atom stereocenters. The van der Waals surface area contributed by atoms with E-state index in [1.165, 1.54) is 0 Å². The molecule has 0 aromatic carbocycles. The SMILES string of the molecule is CC1(C)CSC(c2ccc(-c3nc(-c4ccc(C5=NC(C)(C)CS5)nc4)nc(-c4ccc(C5=NC(C)(C)CS5)nc4)n3)cn2)=N1. The van der Waals surface area contributed by atoms with Gasteiger partial charge in [-0.05, 0) is 77.9 Å². The zero-order valence-electron chi connectivity index (χ0n) is 26.1. The third-order valence-electron chi connectivity index (χ3n) is 7.26. The zero-order valence-corrected chi connectivity index (χ0v) is 28.5. The predicted octanol–water partition coefficient (Wildman–Crippen LogP) is 6.87. The van der Waals surface area contributed by atoms with Gasteiger partial charge in [0.25, 0.3) is 0 Å². The second kappa shape index (κ2) is 11.4. The summed E-state index contributed by atoms with van der Waals surface area (Å²) in [6, 6.07) is 12.0. The Morgan fingerprint density at radius 1 is 0.444 bits per heavy atom. The summed E-state index contributed by atoms with van der Waals surface area (Å²) in [5, 5.41) is 2.88. The summed E-state index contributed by atoms with van der Waals surface area (Å²) in [5.41, 5.74) is 4.70. The Morgan fingerprint density at radius 2 is 0.733 bits per heavy atom. The molecule has 0 spiro atoms. The first-order chi connectivity index (χ1) is 21.4. The molecule has 0 radical (unpaired) electrons. The van der Waals surface area contributed by atoms with E-state index in [1.807, 2.05) is 55.0 Å². The molecule has 7 heterocycles. The van der Waals surface area contributed by atoms with Gasteiger partial charge in [-0.15, -0.1) is 35.3 Å². The molecular weight excluding hydrogens is 619 g/mol. The highest BCUT2D eigenvalue weighted by atomic mass is 32.2. The second-order valence-electron chi connectivity index (χ2n) is 13.2. The molecule has 3 aliphatic heterocycles. The maximum absolute atomic E-state index is 4.88. The Balaban J connectivity index is 1.25. The Morgan fingerprint density at radius 3 is 0.933 bits per heavy atom. The fourth-order valence-electron chi connectivity index (χ4n) is 4.87. The fraction of sp³-hybridized carbons (Fsp3) is 0.364. The van der Waals surface area contributed by atoms with E-state index in [0.29, 0.717) is 17.5 Å². The molecule has 12 heteroatoms. The van der Waals surface area contributed by atoms with E-state index in [0.717, 1.165) is 66.2 Å². The molecule has 0 aliphatic carbocycles. The van der Waals surface area contributed by atoms with Gasteiger partial charge in [0.1, 0.15) is 15.1 Å². The van der Waals surface area contributed by atoms with Crippen molar-refractivity contribution in [3.63, 3.8) is 0 Å². The van der Waals surface area contributed by atoms with Gasteiger partial charge in [-0.25, -0.2) is 15.0 Å². The van der Waals surface area contributed by atoms with E-state index >= 15 is 0 Å². The first kappa shape index (κ1) is 30.2. The highest BCUT2D eigenvalue weighted by molar-refractivity contribution is 8.15. The van der Waals surface area contributed by atoms with Crippen LogP contribution in [0.1, 0.15) is 58.6 Å². The fourth-order valence-corrected chi connectivity index (χ4v) is 8.27. The van der Waals surface area contributed by atoms with Gasteiger partial charge in [0.15, 0.2) is 17.5 Å². The van der Waals surface area contributed by atoms with Gasteiger partial charge in [0.05, 0.1) is 33.7 Å². The summed E-state index contributed by atoms with van der Waals surface area (Å²) in [4.78, 5) is 43.3. The van der Waals surface area contributed by atoms with Crippen molar-refractivity contribution in [2.75, 3.05) is 17.3 Å². The molecule has 0 unspecified atom stereocenters. The van der Waals surface area contributed by atoms with Gasteiger partial charge in [0, 0.05) is 52.5 Å². The molecule has 4 aromatic heterocycles. The third-order valence-corrected chi connectivity index (χ3v) is 11.5. The lowest BCUT2D eigenvalue weighted by Crippen LogP contribution is -2.15. The first-order valence-electron chi connectivity index (χ1n) is 14.8. The quantitative estimate of drug-likeness (QED) is 0.220. The van der Waals surface area contributed by atoms with E-state index < -0.39 is 0 Å². The van der Waals surface area contributed by atoms with Crippen molar-refractivity contribution in [1.29, 1.82) is 0 Å². The summed E-state index contributed by atoms with van der Waals surface area (Å²) >= 11 is 5.21. The topological polar surface area (TPSA) is 114 Å². The van der Waals surface area contributed by atoms with Crippen LogP contribution in [0.15, 0.2) is 70.0 Å². The minimum Gasteiger partial charge on any atom is -0.269 e. The number of nitrogens with zero attached hydrogens (tertiary/aromatic N) is 9. The van der Waals surface area contributed by atoms with Crippen molar-refractivity contribution in [3.8, 4) is 34.2 Å². The van der Waals surface area contributed by atoms with Crippen molar-refractivity contribution in [3.05, 3.63) is 72.1 Å². The highest BCUT2D eigenvalue weighted by Crippen LogP contribution is 2.33. The molecule has 0 bridgehead atoms. The second-order valence-corrected chi connectivity index (χ2v) is 16.0. The molecular formula is C33H33N9S3. The Bertz CT molecular complexity index is 1630. The van der Waals surface area contributed by atoms with Crippen LogP contribution in [0.3, 0.4) is 0 Å². The number of aromatic nitrogens is 6. The van der Waals surface area contributed by atoms with E-state index in [1.54, 1.807) is 35.3 Å². The molecule has 45 heavy (non-hydrogen) atoms. The normalized spacial score (nSPS) is 19.7. The number of hydrogen-bond donors (Lipinski definition) is 0. The van der Waals surface area contributed by atoms with Crippen LogP contribution in [0.5, 0.6) is 0 Å². The van der Waals surface area contributed by atoms with Crippen molar-refractivity contribution >= 4 is 50.4 Å². The maximum atomic E-state index is 4.88. The summed E-state index contributed by atoms with van der Waals surface area (Å²) in [7, 11) is 0. The third kappa shape index (κ3) is 6.59. The smallest absolute Gasteiger partial charge is 0.165 e. The lowest BCUT2D eigenvalue weighted by Gasteiger charge is -2.10. The standard InChI is InChI=1S/C33H33N9S3/c1-31(2)16-43-28(40-31)22-10-7-19(13-34-22)25-37-26(20-8-11-23(35-14-20)29-41-32(3,4)17-44-29)39-27(38-25)21-9-12-24(36-15-21)30-42-33(5,6)18-45-30/h7-15H,16-18H2,1-6H3. The number of aliphatic imine (C=N–C) groups is 3. The number of pyridine rings is 3. The summed E-state index contributed by atoms with van der Waals surface area (Å²) in [6.45, 7) is 12.8. The molecule has 7 rings (SSSR count). The summed E-state index contributed by atoms with van der Waals surface area (Å²) in [6.07, 6.45) is 5.43. The van der Waals surface area contributed by atoms with Crippen LogP contribution in [-0.2, 0) is 0 Å². The van der Waals surface area contributed by atoms with E-state index in [-0.39, 0.29) is 16.6 Å². The van der Waals surface area contributed by atoms with E-state index in [2.05, 4.69) is 41.5 Å². The van der Waals surface area contributed by atoms with Crippen LogP contribution in [0.2, 0.25) is 0 Å². The molecule has 228 valence electrons. The Kier molecular flexibility index (Phi) is 7.65. The number of rotatable bonds is 6. The molecule has 0 N–H and O–H groups in total. The Hall–Kier alpha value is -3.48. The minimum absolute atomic E-state index is 0.0793. The average molecular weight is 652 g/mol. The van der Waals surface area contributed by atoms with Crippen LogP contribution in [0, 0.1) is 0 Å². The van der Waals surface area contributed by atoms with Gasteiger partial charge in [-0.2, -0.15) is 0 Å². The zero-order chi connectivity index (χ0) is 31.4. The molecule has 3 aliphatic rings. The largest absolute Gasteiger partial charge is 0.269 e. The van der Waals surface area contributed by atoms with Gasteiger partial charge in [0.2, 0.25) is 0 Å². The average Bonchev–Trinajstić information content (AvgIpc) is 3.71. The molecule has 0 amide bonds. The van der Waals surface area contributed by atoms with Gasteiger partial charge < -0.3 is 0 Å². The summed E-state index contributed by atoms with van der Waals surface area (Å²) < 4.78 is 0. The molecule has 4 aromatic rings. The Labute approximate surface area is 275 Å². The van der Waals surface area contributed by atoms with Crippen LogP contribution >= 0.6 is 35.3 Å². The van der Waals surface area contributed by atoms with Gasteiger partial charge in [-0.1, -0.05) is 0 Å². The minimum atomic E-state index is -0.0793. The lowest BCUT2D eigenvalue weighted by molar-refractivity contribution is 0.604. The highest BCUT2D eigenvalue weighted by Gasteiger charge is 2.29. The number of hydrogen-bond acceptors (Lipinski definition) is 12. The summed E-state index contributed by atoms with van der Waals surface area (Å²) in [5.74, 6) is 4.41. The van der Waals surface area contributed by atoms with Crippen molar-refractivity contribution in [2.24, 2.45) is 15.0 Å². The first-order valence-corrected chi connectivity index (χ1v) is 17.7. The molecule has 0 saturated carbocycles. The predicted molar refractivity (Wildman–Crippen MR) is 189 cm³/mol. The van der Waals surface area contributed by atoms with Crippen molar-refractivity contribution in [2.45, 2.75) is 58.2 Å². The maximum Gasteiger partial charge on any atom is 0.165 e. The van der Waals surface area contributed by atoms with Crippen molar-refractivity contribution < 1.29 is 0 Å². The monoisotopic (exact) mass is 651 g/mol. The van der Waals surface area contributed by atoms with Crippen LogP contribution in [-0.4, -0.2) is 78.9 Å². The molecule has 0 fully saturated rings. The molecule has 9 nitrogen and oxygen atoms in total. The van der Waals surface area contributed by atoms with Crippen LogP contribution in [0.25, 0.3) is 34.2 Å². The molecule has 0 saturated heterocycles. The lowest BCUT2D eigenvalue weighted by atomic mass is 10.1.